The van der Waals surface area contributed by atoms with Gasteiger partial charge in [0.2, 0.25) is 0 Å². The van der Waals surface area contributed by atoms with E-state index in [1.54, 1.807) is 0 Å². The van der Waals surface area contributed by atoms with E-state index >= 15 is 0 Å². The van der Waals surface area contributed by atoms with Gasteiger partial charge in [-0.25, -0.2) is 4.79 Å². The van der Waals surface area contributed by atoms with E-state index < -0.39 is 6.09 Å². The fourth-order valence-corrected chi connectivity index (χ4v) is 2.28. The van der Waals surface area contributed by atoms with Gasteiger partial charge in [-0.15, -0.1) is 0 Å². The number of rotatable bonds is 2. The fraction of sp³-hybridized carbons (Fsp3) is 0.533. The Morgan fingerprint density at radius 3 is 2.57 bits per heavy atom. The molecule has 2 aliphatic rings. The Kier molecular flexibility index (Phi) is 5.98. The zero-order valence-corrected chi connectivity index (χ0v) is 12.0. The highest BCUT2D eigenvalue weighted by Crippen LogP contribution is 2.24. The summed E-state index contributed by atoms with van der Waals surface area (Å²) in [6, 6.07) is 9.38. The lowest BCUT2D eigenvalue weighted by Gasteiger charge is -2.32. The minimum Gasteiger partial charge on any atom is -0.465 e. The second-order valence-corrected chi connectivity index (χ2v) is 5.03. The molecule has 0 unspecified atom stereocenters. The van der Waals surface area contributed by atoms with Crippen molar-refractivity contribution in [1.82, 2.24) is 10.6 Å². The van der Waals surface area contributed by atoms with E-state index in [4.69, 9.17) is 14.6 Å². The third kappa shape index (κ3) is 5.34. The summed E-state index contributed by atoms with van der Waals surface area (Å²) >= 11 is 0. The molecule has 1 amide bonds. The predicted molar refractivity (Wildman–Crippen MR) is 78.0 cm³/mol. The summed E-state index contributed by atoms with van der Waals surface area (Å²) in [5, 5.41) is 13.8. The summed E-state index contributed by atoms with van der Waals surface area (Å²) in [5.74, 6) is -0.238. The van der Waals surface area contributed by atoms with Crippen molar-refractivity contribution in [1.29, 1.82) is 0 Å². The molecule has 0 bridgehead atoms. The van der Waals surface area contributed by atoms with Gasteiger partial charge in [0.15, 0.2) is 5.79 Å². The third-order valence-electron chi connectivity index (χ3n) is 3.38. The molecule has 0 aliphatic carbocycles. The van der Waals surface area contributed by atoms with Gasteiger partial charge in [-0.05, 0) is 12.0 Å². The van der Waals surface area contributed by atoms with Gasteiger partial charge in [0.1, 0.15) is 0 Å². The molecule has 2 aliphatic heterocycles. The van der Waals surface area contributed by atoms with Crippen LogP contribution in [0.3, 0.4) is 0 Å². The van der Waals surface area contributed by atoms with E-state index in [-0.39, 0.29) is 5.79 Å². The second-order valence-electron chi connectivity index (χ2n) is 5.03. The molecule has 2 fully saturated rings. The molecule has 6 nitrogen and oxygen atoms in total. The Morgan fingerprint density at radius 1 is 1.29 bits per heavy atom. The Labute approximate surface area is 124 Å². The van der Waals surface area contributed by atoms with Gasteiger partial charge in [-0.1, -0.05) is 30.3 Å². The lowest BCUT2D eigenvalue weighted by Crippen LogP contribution is -2.42. The molecule has 1 aromatic rings. The molecule has 1 spiro atoms. The number of amides is 1. The van der Waals surface area contributed by atoms with Gasteiger partial charge < -0.3 is 25.2 Å². The number of carboxylic acid groups (broad SMARTS) is 1. The maximum absolute atomic E-state index is 10.1. The Bertz CT molecular complexity index is 425. The number of ether oxygens (including phenoxy) is 2. The zero-order chi connectivity index (χ0) is 15.0. The van der Waals surface area contributed by atoms with Crippen LogP contribution in [0.5, 0.6) is 0 Å². The molecule has 0 aromatic heterocycles. The van der Waals surface area contributed by atoms with Crippen LogP contribution < -0.4 is 10.6 Å². The van der Waals surface area contributed by atoms with Crippen molar-refractivity contribution in [3.8, 4) is 0 Å². The Morgan fingerprint density at radius 2 is 2.00 bits per heavy atom. The van der Waals surface area contributed by atoms with Crippen LogP contribution in [0.15, 0.2) is 30.3 Å². The van der Waals surface area contributed by atoms with Crippen molar-refractivity contribution in [2.24, 2.45) is 0 Å². The molecule has 0 radical (unpaired) electrons. The zero-order valence-electron chi connectivity index (χ0n) is 12.0. The van der Waals surface area contributed by atoms with E-state index in [1.807, 2.05) is 30.3 Å². The molecule has 1 aromatic carbocycles. The van der Waals surface area contributed by atoms with Crippen molar-refractivity contribution in [3.05, 3.63) is 35.9 Å². The summed E-state index contributed by atoms with van der Waals surface area (Å²) in [6.07, 6.45) is 1.06. The maximum Gasteiger partial charge on any atom is 0.404 e. The van der Waals surface area contributed by atoms with Crippen LogP contribution in [0.1, 0.15) is 18.4 Å². The molecule has 116 valence electrons. The van der Waals surface area contributed by atoms with Gasteiger partial charge in [0.05, 0.1) is 13.2 Å². The monoisotopic (exact) mass is 294 g/mol. The molecule has 0 atom stereocenters. The normalized spacial score (nSPS) is 19.6. The SMILES string of the molecule is C1COC2(CCNC2)OC1.O=C(O)NCc1ccccc1. The summed E-state index contributed by atoms with van der Waals surface area (Å²) in [6.45, 7) is 3.99. The summed E-state index contributed by atoms with van der Waals surface area (Å²) in [5.41, 5.74) is 0.968. The molecular weight excluding hydrogens is 272 g/mol. The van der Waals surface area contributed by atoms with Crippen molar-refractivity contribution in [3.63, 3.8) is 0 Å². The van der Waals surface area contributed by atoms with Crippen LogP contribution in [0.2, 0.25) is 0 Å². The maximum atomic E-state index is 10.1. The summed E-state index contributed by atoms with van der Waals surface area (Å²) < 4.78 is 11.1. The summed E-state index contributed by atoms with van der Waals surface area (Å²) in [4.78, 5) is 10.1. The Hall–Kier alpha value is -1.63. The van der Waals surface area contributed by atoms with Gasteiger partial charge in [0.25, 0.3) is 0 Å². The molecule has 2 heterocycles. The third-order valence-corrected chi connectivity index (χ3v) is 3.38. The van der Waals surface area contributed by atoms with Crippen LogP contribution in [0, 0.1) is 0 Å². The second kappa shape index (κ2) is 7.97. The molecule has 3 rings (SSSR count). The van der Waals surface area contributed by atoms with Crippen molar-refractivity contribution in [2.75, 3.05) is 26.3 Å². The molecule has 0 saturated carbocycles. The topological polar surface area (TPSA) is 79.8 Å². The van der Waals surface area contributed by atoms with Gasteiger partial charge >= 0.3 is 6.09 Å². The quantitative estimate of drug-likeness (QED) is 0.771. The highest BCUT2D eigenvalue weighted by Gasteiger charge is 2.37. The van der Waals surface area contributed by atoms with Gasteiger partial charge in [-0.3, -0.25) is 0 Å². The highest BCUT2D eigenvalue weighted by atomic mass is 16.7. The van der Waals surface area contributed by atoms with Crippen molar-refractivity contribution < 1.29 is 19.4 Å². The van der Waals surface area contributed by atoms with E-state index in [1.165, 1.54) is 0 Å². The molecule has 2 saturated heterocycles. The van der Waals surface area contributed by atoms with E-state index in [9.17, 15) is 4.79 Å². The number of carbonyl (C=O) groups is 1. The number of hydrogen-bond acceptors (Lipinski definition) is 4. The number of hydrogen-bond donors (Lipinski definition) is 3. The van der Waals surface area contributed by atoms with Crippen LogP contribution in [0.25, 0.3) is 0 Å². The Balaban J connectivity index is 0.000000154. The number of nitrogens with one attached hydrogen (secondary N) is 2. The standard InChI is InChI=1S/C8H9NO2.C7H13NO2/c10-8(11)9-6-7-4-2-1-3-5-7;1-4-9-7(10-5-1)2-3-8-6-7/h1-5,9H,6H2,(H,10,11);8H,1-6H2. The van der Waals surface area contributed by atoms with Crippen LogP contribution in [-0.4, -0.2) is 43.3 Å². The summed E-state index contributed by atoms with van der Waals surface area (Å²) in [7, 11) is 0. The first-order valence-electron chi connectivity index (χ1n) is 7.20. The van der Waals surface area contributed by atoms with Crippen LogP contribution >= 0.6 is 0 Å². The highest BCUT2D eigenvalue weighted by molar-refractivity contribution is 5.64. The molecule has 6 heteroatoms. The van der Waals surface area contributed by atoms with Crippen molar-refractivity contribution in [2.45, 2.75) is 25.2 Å². The largest absolute Gasteiger partial charge is 0.465 e. The van der Waals surface area contributed by atoms with Gasteiger partial charge in [-0.2, -0.15) is 0 Å². The first-order valence-corrected chi connectivity index (χ1v) is 7.20. The average Bonchev–Trinajstić information content (AvgIpc) is 2.95. The van der Waals surface area contributed by atoms with Gasteiger partial charge in [0, 0.05) is 26.1 Å². The lowest BCUT2D eigenvalue weighted by molar-refractivity contribution is -0.253. The lowest BCUT2D eigenvalue weighted by atomic mass is 10.2. The van der Waals surface area contributed by atoms with E-state index in [2.05, 4.69) is 10.6 Å². The average molecular weight is 294 g/mol. The van der Waals surface area contributed by atoms with E-state index in [0.29, 0.717) is 6.54 Å². The minimum atomic E-state index is -0.992. The van der Waals surface area contributed by atoms with E-state index in [0.717, 1.165) is 44.7 Å². The smallest absolute Gasteiger partial charge is 0.404 e. The predicted octanol–water partition coefficient (Wildman–Crippen LogP) is 1.57. The minimum absolute atomic E-state index is 0.238. The first-order chi connectivity index (χ1) is 10.2. The van der Waals surface area contributed by atoms with Crippen molar-refractivity contribution >= 4 is 6.09 Å². The number of benzene rings is 1. The molecular formula is C15H22N2O4. The van der Waals surface area contributed by atoms with Crippen LogP contribution in [0.4, 0.5) is 4.79 Å². The van der Waals surface area contributed by atoms with Crippen LogP contribution in [-0.2, 0) is 16.0 Å². The first kappa shape index (κ1) is 15.8. The molecule has 3 N–H and O–H groups in total. The fourth-order valence-electron chi connectivity index (χ4n) is 2.28. The molecule has 21 heavy (non-hydrogen) atoms.